The molecule has 198 valence electrons. The third kappa shape index (κ3) is 5.22. The maximum Gasteiger partial charge on any atom is 0.315 e. The summed E-state index contributed by atoms with van der Waals surface area (Å²) >= 11 is 0. The molecule has 0 radical (unpaired) electrons. The van der Waals surface area contributed by atoms with Gasteiger partial charge in [0.25, 0.3) is 0 Å². The largest absolute Gasteiger partial charge is 0.335 e. The fourth-order valence-corrected chi connectivity index (χ4v) is 6.63. The van der Waals surface area contributed by atoms with Crippen LogP contribution in [0.1, 0.15) is 65.1 Å². The number of aromatic nitrogens is 2. The number of fused-ring (bicyclic) bond motifs is 1. The summed E-state index contributed by atoms with van der Waals surface area (Å²) in [7, 11) is -3.72. The number of hydrogen-bond acceptors (Lipinski definition) is 4. The normalized spacial score (nSPS) is 21.9. The second-order valence-corrected chi connectivity index (χ2v) is 13.6. The number of carbonyl (C=O) groups excluding carboxylic acids is 1. The Balaban J connectivity index is 1.33. The van der Waals surface area contributed by atoms with Gasteiger partial charge >= 0.3 is 6.03 Å². The van der Waals surface area contributed by atoms with Crippen LogP contribution in [0.25, 0.3) is 11.0 Å². The lowest BCUT2D eigenvalue weighted by Crippen LogP contribution is -2.62. The highest BCUT2D eigenvalue weighted by molar-refractivity contribution is 7.89. The van der Waals surface area contributed by atoms with Crippen molar-refractivity contribution in [1.29, 1.82) is 0 Å². The molecule has 2 N–H and O–H groups in total. The van der Waals surface area contributed by atoms with Crippen LogP contribution in [0.15, 0.2) is 23.1 Å². The van der Waals surface area contributed by atoms with Gasteiger partial charge in [0.1, 0.15) is 5.82 Å². The average Bonchev–Trinajstić information content (AvgIpc) is 3.49. The summed E-state index contributed by atoms with van der Waals surface area (Å²) in [5.41, 5.74) is 1.10. The number of amides is 2. The third-order valence-electron chi connectivity index (χ3n) is 7.40. The molecule has 0 bridgehead atoms. The molecule has 2 heterocycles. The highest BCUT2D eigenvalue weighted by Crippen LogP contribution is 2.38. The molecule has 2 aromatic rings. The van der Waals surface area contributed by atoms with Crippen molar-refractivity contribution in [3.63, 3.8) is 0 Å². The first-order valence-electron chi connectivity index (χ1n) is 12.8. The van der Waals surface area contributed by atoms with Crippen molar-refractivity contribution in [2.75, 3.05) is 13.1 Å². The van der Waals surface area contributed by atoms with Gasteiger partial charge in [0, 0.05) is 43.9 Å². The number of halogens is 2. The van der Waals surface area contributed by atoms with E-state index >= 15 is 0 Å². The summed E-state index contributed by atoms with van der Waals surface area (Å²) < 4.78 is 57.3. The SMILES string of the molecule is CC(C)(C)c1nc2cc(S(=O)(=O)N3CC(NC(=O)NC4CC4)C3)ccc2n1CC1CCC(F)(F)CC1. The number of carbonyl (C=O) groups is 1. The number of nitrogens with one attached hydrogen (secondary N) is 2. The zero-order valence-corrected chi connectivity index (χ0v) is 21.9. The van der Waals surface area contributed by atoms with E-state index in [0.29, 0.717) is 24.9 Å². The van der Waals surface area contributed by atoms with Gasteiger partial charge in [0.05, 0.1) is 22.0 Å². The Morgan fingerprint density at radius 3 is 2.33 bits per heavy atom. The number of imidazole rings is 1. The van der Waals surface area contributed by atoms with Crippen LogP contribution in [0.3, 0.4) is 0 Å². The molecule has 11 heteroatoms. The van der Waals surface area contributed by atoms with Crippen LogP contribution in [0.4, 0.5) is 13.6 Å². The predicted molar refractivity (Wildman–Crippen MR) is 133 cm³/mol. The maximum absolute atomic E-state index is 13.7. The van der Waals surface area contributed by atoms with Crippen LogP contribution in [0.2, 0.25) is 0 Å². The first-order chi connectivity index (χ1) is 16.8. The molecular weight excluding hydrogens is 488 g/mol. The van der Waals surface area contributed by atoms with Gasteiger partial charge in [-0.15, -0.1) is 0 Å². The molecule has 8 nitrogen and oxygen atoms in total. The van der Waals surface area contributed by atoms with Crippen LogP contribution in [-0.4, -0.2) is 59.4 Å². The van der Waals surface area contributed by atoms with Crippen molar-refractivity contribution in [3.8, 4) is 0 Å². The minimum absolute atomic E-state index is 0.0918. The zero-order chi connectivity index (χ0) is 25.9. The number of benzene rings is 1. The van der Waals surface area contributed by atoms with E-state index in [0.717, 1.165) is 24.2 Å². The standard InChI is InChI=1S/C25H35F2N5O3S/c1-24(2,3)22-30-20-12-19(6-7-21(20)32(22)13-16-8-10-25(26,27)11-9-16)36(34,35)31-14-18(15-31)29-23(33)28-17-4-5-17/h6-7,12,16-18H,4-5,8-11,13-15H2,1-3H3,(H2,28,29,33). The van der Waals surface area contributed by atoms with Gasteiger partial charge in [-0.05, 0) is 49.8 Å². The smallest absolute Gasteiger partial charge is 0.315 e. The van der Waals surface area contributed by atoms with Gasteiger partial charge < -0.3 is 15.2 Å². The van der Waals surface area contributed by atoms with E-state index in [4.69, 9.17) is 4.98 Å². The van der Waals surface area contributed by atoms with Gasteiger partial charge in [-0.3, -0.25) is 0 Å². The number of rotatable bonds is 6. The molecule has 1 aliphatic heterocycles. The van der Waals surface area contributed by atoms with Crippen LogP contribution in [-0.2, 0) is 22.0 Å². The summed E-state index contributed by atoms with van der Waals surface area (Å²) in [6, 6.07) is 4.76. The molecular formula is C25H35F2N5O3S. The topological polar surface area (TPSA) is 96.3 Å². The molecule has 3 aliphatic rings. The average molecular weight is 524 g/mol. The Kier molecular flexibility index (Phi) is 6.30. The molecule has 0 atom stereocenters. The molecule has 3 fully saturated rings. The van der Waals surface area contributed by atoms with Crippen molar-refractivity contribution < 1.29 is 22.0 Å². The lowest BCUT2D eigenvalue weighted by Gasteiger charge is -2.38. The van der Waals surface area contributed by atoms with E-state index in [1.165, 1.54) is 4.31 Å². The van der Waals surface area contributed by atoms with Crippen molar-refractivity contribution in [1.82, 2.24) is 24.5 Å². The molecule has 36 heavy (non-hydrogen) atoms. The minimum atomic E-state index is -3.72. The van der Waals surface area contributed by atoms with Crippen LogP contribution in [0, 0.1) is 5.92 Å². The van der Waals surface area contributed by atoms with Gasteiger partial charge in [0.15, 0.2) is 0 Å². The fraction of sp³-hybridized carbons (Fsp3) is 0.680. The number of sulfonamides is 1. The Morgan fingerprint density at radius 2 is 1.72 bits per heavy atom. The van der Waals surface area contributed by atoms with Gasteiger partial charge in [-0.2, -0.15) is 4.31 Å². The summed E-state index contributed by atoms with van der Waals surface area (Å²) in [6.45, 7) is 7.19. The number of urea groups is 1. The van der Waals surface area contributed by atoms with Gasteiger partial charge in [-0.1, -0.05) is 20.8 Å². The Labute approximate surface area is 210 Å². The lowest BCUT2D eigenvalue weighted by molar-refractivity contribution is -0.0473. The van der Waals surface area contributed by atoms with Crippen molar-refractivity contribution in [3.05, 3.63) is 24.0 Å². The highest BCUT2D eigenvalue weighted by Gasteiger charge is 2.39. The molecule has 1 saturated heterocycles. The van der Waals surface area contributed by atoms with Crippen LogP contribution >= 0.6 is 0 Å². The van der Waals surface area contributed by atoms with E-state index in [1.54, 1.807) is 18.2 Å². The first-order valence-corrected chi connectivity index (χ1v) is 14.2. The Morgan fingerprint density at radius 1 is 1.08 bits per heavy atom. The monoisotopic (exact) mass is 523 g/mol. The number of nitrogens with zero attached hydrogens (tertiary/aromatic N) is 3. The predicted octanol–water partition coefficient (Wildman–Crippen LogP) is 3.99. The van der Waals surface area contributed by atoms with Crippen molar-refractivity contribution in [2.24, 2.45) is 5.92 Å². The van der Waals surface area contributed by atoms with E-state index in [-0.39, 0.29) is 60.3 Å². The highest BCUT2D eigenvalue weighted by atomic mass is 32.2. The summed E-state index contributed by atoms with van der Waals surface area (Å²) in [4.78, 5) is 16.9. The zero-order valence-electron chi connectivity index (χ0n) is 21.1. The van der Waals surface area contributed by atoms with E-state index < -0.39 is 15.9 Å². The molecule has 1 aromatic heterocycles. The molecule has 2 saturated carbocycles. The minimum Gasteiger partial charge on any atom is -0.335 e. The molecule has 0 unspecified atom stereocenters. The summed E-state index contributed by atoms with van der Waals surface area (Å²) in [5, 5.41) is 5.67. The molecule has 5 rings (SSSR count). The molecule has 2 aliphatic carbocycles. The maximum atomic E-state index is 13.7. The van der Waals surface area contributed by atoms with E-state index in [9.17, 15) is 22.0 Å². The van der Waals surface area contributed by atoms with Crippen LogP contribution in [0.5, 0.6) is 0 Å². The Bertz CT molecular complexity index is 1250. The van der Waals surface area contributed by atoms with Gasteiger partial charge in [0.2, 0.25) is 15.9 Å². The Hall–Kier alpha value is -2.27. The molecule has 0 spiro atoms. The summed E-state index contributed by atoms with van der Waals surface area (Å²) in [6.07, 6.45) is 2.72. The molecule has 2 amide bonds. The molecule has 1 aromatic carbocycles. The van der Waals surface area contributed by atoms with E-state index in [2.05, 4.69) is 15.2 Å². The van der Waals surface area contributed by atoms with Crippen molar-refractivity contribution >= 4 is 27.1 Å². The van der Waals surface area contributed by atoms with E-state index in [1.807, 2.05) is 20.8 Å². The lowest BCUT2D eigenvalue weighted by atomic mass is 9.86. The van der Waals surface area contributed by atoms with Crippen molar-refractivity contribution in [2.45, 2.75) is 94.2 Å². The number of hydrogen-bond donors (Lipinski definition) is 2. The van der Waals surface area contributed by atoms with Gasteiger partial charge in [-0.25, -0.2) is 27.0 Å². The summed E-state index contributed by atoms with van der Waals surface area (Å²) in [5.74, 6) is -1.62. The fourth-order valence-electron chi connectivity index (χ4n) is 5.08. The second-order valence-electron chi connectivity index (χ2n) is 11.7. The second kappa shape index (κ2) is 8.93. The quantitative estimate of drug-likeness (QED) is 0.598. The van der Waals surface area contributed by atoms with Crippen LogP contribution < -0.4 is 10.6 Å². The first kappa shape index (κ1) is 25.4. The third-order valence-corrected chi connectivity index (χ3v) is 9.23. The number of alkyl halides is 2.